The van der Waals surface area contributed by atoms with Crippen LogP contribution in [0.3, 0.4) is 0 Å². The van der Waals surface area contributed by atoms with Crippen molar-refractivity contribution in [1.29, 1.82) is 0 Å². The molecule has 1 amide bonds. The molecular formula is C9H16N2O2. The third kappa shape index (κ3) is 1.44. The molecule has 2 aliphatic rings. The number of hydrogen-bond acceptors (Lipinski definition) is 3. The van der Waals surface area contributed by atoms with Crippen LogP contribution in [0.4, 0.5) is 0 Å². The molecule has 0 atom stereocenters. The van der Waals surface area contributed by atoms with Crippen molar-refractivity contribution in [2.45, 2.75) is 25.3 Å². The summed E-state index contributed by atoms with van der Waals surface area (Å²) in [5, 5.41) is 3.01. The summed E-state index contributed by atoms with van der Waals surface area (Å²) in [5.74, 6) is 0.0888. The van der Waals surface area contributed by atoms with Crippen molar-refractivity contribution in [1.82, 2.24) is 5.32 Å². The zero-order valence-electron chi connectivity index (χ0n) is 7.71. The number of nitrogens with one attached hydrogen (secondary N) is 1. The van der Waals surface area contributed by atoms with Gasteiger partial charge in [-0.25, -0.2) is 0 Å². The van der Waals surface area contributed by atoms with E-state index in [0.717, 1.165) is 12.8 Å². The molecule has 1 saturated carbocycles. The second kappa shape index (κ2) is 3.27. The fourth-order valence-corrected chi connectivity index (χ4v) is 1.58. The molecule has 1 aliphatic heterocycles. The third-order valence-electron chi connectivity index (χ3n) is 3.07. The highest BCUT2D eigenvalue weighted by Gasteiger charge is 2.45. The number of carbonyl (C=O) groups is 1. The number of carbonyl (C=O) groups excluding carboxylic acids is 1. The molecule has 0 bridgehead atoms. The van der Waals surface area contributed by atoms with Crippen LogP contribution in [0.25, 0.3) is 0 Å². The van der Waals surface area contributed by atoms with Crippen molar-refractivity contribution < 1.29 is 9.53 Å². The van der Waals surface area contributed by atoms with E-state index in [9.17, 15) is 4.79 Å². The van der Waals surface area contributed by atoms with Gasteiger partial charge in [-0.1, -0.05) is 0 Å². The molecule has 1 aliphatic carbocycles. The van der Waals surface area contributed by atoms with Crippen LogP contribution in [0.5, 0.6) is 0 Å². The molecule has 1 saturated heterocycles. The van der Waals surface area contributed by atoms with Crippen molar-refractivity contribution >= 4 is 5.91 Å². The Balaban J connectivity index is 1.87. The molecule has 74 valence electrons. The van der Waals surface area contributed by atoms with Crippen LogP contribution in [0.1, 0.15) is 19.3 Å². The summed E-state index contributed by atoms with van der Waals surface area (Å²) >= 11 is 0. The fourth-order valence-electron chi connectivity index (χ4n) is 1.58. The first-order chi connectivity index (χ1) is 6.27. The summed E-state index contributed by atoms with van der Waals surface area (Å²) in [5.41, 5.74) is 5.16. The minimum absolute atomic E-state index is 0.0888. The molecular weight excluding hydrogens is 168 g/mol. The van der Waals surface area contributed by atoms with Crippen LogP contribution in [0, 0.1) is 5.41 Å². The van der Waals surface area contributed by atoms with Crippen LogP contribution in [-0.4, -0.2) is 31.7 Å². The summed E-state index contributed by atoms with van der Waals surface area (Å²) in [7, 11) is 0. The summed E-state index contributed by atoms with van der Waals surface area (Å²) in [6.45, 7) is 1.37. The topological polar surface area (TPSA) is 64.4 Å². The lowest BCUT2D eigenvalue weighted by atomic mass is 9.83. The predicted molar refractivity (Wildman–Crippen MR) is 48.1 cm³/mol. The molecule has 0 unspecified atom stereocenters. The fraction of sp³-hybridized carbons (Fsp3) is 0.889. The van der Waals surface area contributed by atoms with E-state index in [-0.39, 0.29) is 5.91 Å². The van der Waals surface area contributed by atoms with Gasteiger partial charge in [-0.15, -0.1) is 0 Å². The Morgan fingerprint density at radius 2 is 2.23 bits per heavy atom. The summed E-state index contributed by atoms with van der Waals surface area (Å²) < 4.78 is 5.04. The highest BCUT2D eigenvalue weighted by Crippen LogP contribution is 2.28. The quantitative estimate of drug-likeness (QED) is 0.629. The van der Waals surface area contributed by atoms with E-state index in [1.807, 2.05) is 0 Å². The van der Waals surface area contributed by atoms with Gasteiger partial charge in [0.25, 0.3) is 0 Å². The lowest BCUT2D eigenvalue weighted by Gasteiger charge is -2.40. The van der Waals surface area contributed by atoms with Gasteiger partial charge < -0.3 is 15.8 Å². The summed E-state index contributed by atoms with van der Waals surface area (Å²) in [4.78, 5) is 11.7. The zero-order chi connectivity index (χ0) is 9.31. The molecule has 2 rings (SSSR count). The molecule has 0 radical (unpaired) electrons. The first kappa shape index (κ1) is 8.97. The van der Waals surface area contributed by atoms with Crippen LogP contribution < -0.4 is 11.1 Å². The molecule has 13 heavy (non-hydrogen) atoms. The molecule has 0 spiro atoms. The lowest BCUT2D eigenvalue weighted by molar-refractivity contribution is -0.160. The van der Waals surface area contributed by atoms with Crippen LogP contribution in [0.2, 0.25) is 0 Å². The van der Waals surface area contributed by atoms with Gasteiger partial charge in [0.1, 0.15) is 5.41 Å². The number of nitrogens with two attached hydrogens (primary N) is 1. The van der Waals surface area contributed by atoms with Crippen molar-refractivity contribution in [3.05, 3.63) is 0 Å². The smallest absolute Gasteiger partial charge is 0.232 e. The van der Waals surface area contributed by atoms with Gasteiger partial charge in [0, 0.05) is 12.6 Å². The standard InChI is InChI=1S/C9H16N2O2/c10-4-9(5-13-6-9)8(12)11-7-2-1-3-7/h7H,1-6,10H2,(H,11,12). The van der Waals surface area contributed by atoms with E-state index in [1.54, 1.807) is 0 Å². The second-order valence-electron chi connectivity index (χ2n) is 4.08. The average molecular weight is 184 g/mol. The Hall–Kier alpha value is -0.610. The average Bonchev–Trinajstić information content (AvgIpc) is 1.96. The minimum atomic E-state index is -0.407. The number of ether oxygens (including phenoxy) is 1. The monoisotopic (exact) mass is 184 g/mol. The number of amides is 1. The lowest BCUT2D eigenvalue weighted by Crippen LogP contribution is -2.60. The maximum Gasteiger partial charge on any atom is 0.232 e. The van der Waals surface area contributed by atoms with Crippen molar-refractivity contribution in [3.8, 4) is 0 Å². The van der Waals surface area contributed by atoms with Crippen LogP contribution >= 0.6 is 0 Å². The van der Waals surface area contributed by atoms with Crippen molar-refractivity contribution in [2.24, 2.45) is 11.1 Å². The first-order valence-electron chi connectivity index (χ1n) is 4.86. The zero-order valence-corrected chi connectivity index (χ0v) is 7.71. The molecule has 3 N–H and O–H groups in total. The van der Waals surface area contributed by atoms with Gasteiger partial charge in [0.15, 0.2) is 0 Å². The highest BCUT2D eigenvalue weighted by atomic mass is 16.5. The Kier molecular flexibility index (Phi) is 2.26. The number of rotatable bonds is 3. The van der Waals surface area contributed by atoms with E-state index in [4.69, 9.17) is 10.5 Å². The van der Waals surface area contributed by atoms with Crippen LogP contribution in [-0.2, 0) is 9.53 Å². The minimum Gasteiger partial charge on any atom is -0.379 e. The molecule has 0 aromatic carbocycles. The summed E-state index contributed by atoms with van der Waals surface area (Å²) in [6, 6.07) is 0.400. The first-order valence-corrected chi connectivity index (χ1v) is 4.86. The third-order valence-corrected chi connectivity index (χ3v) is 3.07. The molecule has 0 aromatic heterocycles. The van der Waals surface area contributed by atoms with E-state index in [1.165, 1.54) is 6.42 Å². The predicted octanol–water partition coefficient (Wildman–Crippen LogP) is -0.370. The molecule has 0 aromatic rings. The molecule has 4 heteroatoms. The normalized spacial score (nSPS) is 25.9. The Bertz CT molecular complexity index is 204. The van der Waals surface area contributed by atoms with E-state index in [2.05, 4.69) is 5.32 Å². The van der Waals surface area contributed by atoms with Gasteiger partial charge in [0.2, 0.25) is 5.91 Å². The van der Waals surface area contributed by atoms with Crippen molar-refractivity contribution in [2.75, 3.05) is 19.8 Å². The van der Waals surface area contributed by atoms with Crippen LogP contribution in [0.15, 0.2) is 0 Å². The van der Waals surface area contributed by atoms with Gasteiger partial charge in [0.05, 0.1) is 13.2 Å². The number of hydrogen-bond donors (Lipinski definition) is 2. The molecule has 1 heterocycles. The van der Waals surface area contributed by atoms with Gasteiger partial charge in [-0.05, 0) is 19.3 Å². The largest absolute Gasteiger partial charge is 0.379 e. The molecule has 4 nitrogen and oxygen atoms in total. The maximum atomic E-state index is 11.7. The highest BCUT2D eigenvalue weighted by molar-refractivity contribution is 5.84. The second-order valence-corrected chi connectivity index (χ2v) is 4.08. The van der Waals surface area contributed by atoms with Gasteiger partial charge in [-0.3, -0.25) is 4.79 Å². The summed E-state index contributed by atoms with van der Waals surface area (Å²) in [6.07, 6.45) is 3.47. The Morgan fingerprint density at radius 3 is 2.54 bits per heavy atom. The molecule has 2 fully saturated rings. The SMILES string of the molecule is NCC1(C(=O)NC2CCC2)COC1. The van der Waals surface area contributed by atoms with E-state index in [0.29, 0.717) is 25.8 Å². The Labute approximate surface area is 77.8 Å². The van der Waals surface area contributed by atoms with E-state index >= 15 is 0 Å². The van der Waals surface area contributed by atoms with Gasteiger partial charge in [-0.2, -0.15) is 0 Å². The van der Waals surface area contributed by atoms with Gasteiger partial charge >= 0.3 is 0 Å². The van der Waals surface area contributed by atoms with E-state index < -0.39 is 5.41 Å². The van der Waals surface area contributed by atoms with Crippen molar-refractivity contribution in [3.63, 3.8) is 0 Å². The maximum absolute atomic E-state index is 11.7. The Morgan fingerprint density at radius 1 is 1.54 bits per heavy atom.